The molecule has 2 rings (SSSR count). The molecule has 2 amide bonds. The molecule has 0 bridgehead atoms. The van der Waals surface area contributed by atoms with E-state index in [0.717, 1.165) is 16.7 Å². The highest BCUT2D eigenvalue weighted by atomic mass is 32.2. The predicted octanol–water partition coefficient (Wildman–Crippen LogP) is 2.30. The molecule has 0 saturated carbocycles. The SMILES string of the molecule is CCOC(=O)CN1C(=O)S/C(=C\c2cc(OC)cc(OC)c2)C1=O. The number of methoxy groups -OCH3 is 2. The van der Waals surface area contributed by atoms with Gasteiger partial charge in [-0.1, -0.05) is 0 Å². The third-order valence-electron chi connectivity index (χ3n) is 3.14. The van der Waals surface area contributed by atoms with Crippen LogP contribution in [0, 0.1) is 0 Å². The zero-order chi connectivity index (χ0) is 17.7. The Morgan fingerprint density at radius 2 is 1.79 bits per heavy atom. The van der Waals surface area contributed by atoms with E-state index in [2.05, 4.69) is 0 Å². The Morgan fingerprint density at radius 1 is 1.17 bits per heavy atom. The molecule has 1 aliphatic rings. The van der Waals surface area contributed by atoms with E-state index >= 15 is 0 Å². The van der Waals surface area contributed by atoms with Crippen LogP contribution in [0.4, 0.5) is 4.79 Å². The maximum absolute atomic E-state index is 12.3. The fraction of sp³-hybridized carbons (Fsp3) is 0.312. The number of carbonyl (C=O) groups is 3. The summed E-state index contributed by atoms with van der Waals surface area (Å²) in [6, 6.07) is 5.12. The van der Waals surface area contributed by atoms with Crippen molar-refractivity contribution in [2.75, 3.05) is 27.4 Å². The van der Waals surface area contributed by atoms with Gasteiger partial charge in [-0.15, -0.1) is 0 Å². The lowest BCUT2D eigenvalue weighted by Crippen LogP contribution is -2.34. The molecule has 1 aliphatic heterocycles. The highest BCUT2D eigenvalue weighted by molar-refractivity contribution is 8.18. The number of carbonyl (C=O) groups excluding carboxylic acids is 3. The van der Waals surface area contributed by atoms with Gasteiger partial charge in [0.05, 0.1) is 25.7 Å². The molecule has 0 atom stereocenters. The summed E-state index contributed by atoms with van der Waals surface area (Å²) in [7, 11) is 3.04. The number of nitrogens with zero attached hydrogens (tertiary/aromatic N) is 1. The smallest absolute Gasteiger partial charge is 0.326 e. The average molecular weight is 351 g/mol. The van der Waals surface area contributed by atoms with E-state index in [0.29, 0.717) is 17.1 Å². The van der Waals surface area contributed by atoms with Crippen LogP contribution in [0.1, 0.15) is 12.5 Å². The number of hydrogen-bond donors (Lipinski definition) is 0. The van der Waals surface area contributed by atoms with Gasteiger partial charge in [0.2, 0.25) is 0 Å². The average Bonchev–Trinajstić information content (AvgIpc) is 2.82. The minimum atomic E-state index is -0.621. The van der Waals surface area contributed by atoms with Crippen LogP contribution in [0.15, 0.2) is 23.1 Å². The first-order chi connectivity index (χ1) is 11.5. The summed E-state index contributed by atoms with van der Waals surface area (Å²) >= 11 is 0.773. The second-order valence-electron chi connectivity index (χ2n) is 4.72. The molecular formula is C16H17NO6S. The molecule has 128 valence electrons. The molecule has 0 N–H and O–H groups in total. The number of amides is 2. The van der Waals surface area contributed by atoms with E-state index in [-0.39, 0.29) is 11.5 Å². The molecule has 24 heavy (non-hydrogen) atoms. The van der Waals surface area contributed by atoms with Gasteiger partial charge < -0.3 is 14.2 Å². The molecule has 0 spiro atoms. The van der Waals surface area contributed by atoms with E-state index in [1.807, 2.05) is 0 Å². The molecule has 0 aromatic heterocycles. The van der Waals surface area contributed by atoms with Gasteiger partial charge in [-0.2, -0.15) is 0 Å². The molecule has 0 aliphatic carbocycles. The van der Waals surface area contributed by atoms with E-state index < -0.39 is 23.7 Å². The number of imide groups is 1. The molecule has 1 aromatic carbocycles. The van der Waals surface area contributed by atoms with Crippen molar-refractivity contribution in [2.45, 2.75) is 6.92 Å². The normalized spacial score (nSPS) is 15.8. The lowest BCUT2D eigenvalue weighted by atomic mass is 10.2. The summed E-state index contributed by atoms with van der Waals surface area (Å²) in [4.78, 5) is 36.8. The quantitative estimate of drug-likeness (QED) is 0.574. The van der Waals surface area contributed by atoms with Crippen molar-refractivity contribution in [1.29, 1.82) is 0 Å². The van der Waals surface area contributed by atoms with Gasteiger partial charge in [0, 0.05) is 6.07 Å². The number of thioether (sulfide) groups is 1. The summed E-state index contributed by atoms with van der Waals surface area (Å²) < 4.78 is 15.1. The van der Waals surface area contributed by atoms with E-state index in [1.165, 1.54) is 14.2 Å². The van der Waals surface area contributed by atoms with Crippen LogP contribution in [0.5, 0.6) is 11.5 Å². The predicted molar refractivity (Wildman–Crippen MR) is 88.9 cm³/mol. The van der Waals surface area contributed by atoms with Gasteiger partial charge in [0.25, 0.3) is 11.1 Å². The summed E-state index contributed by atoms with van der Waals surface area (Å²) in [5.74, 6) is -0.0263. The Labute approximate surface area is 143 Å². The van der Waals surface area contributed by atoms with Crippen LogP contribution in [-0.4, -0.2) is 49.4 Å². The minimum absolute atomic E-state index is 0.189. The molecule has 1 fully saturated rings. The van der Waals surface area contributed by atoms with Gasteiger partial charge in [0.1, 0.15) is 18.0 Å². The molecule has 8 heteroatoms. The van der Waals surface area contributed by atoms with Crippen LogP contribution >= 0.6 is 11.8 Å². The largest absolute Gasteiger partial charge is 0.497 e. The Balaban J connectivity index is 2.23. The van der Waals surface area contributed by atoms with Crippen molar-refractivity contribution in [1.82, 2.24) is 4.90 Å². The molecule has 1 heterocycles. The Morgan fingerprint density at radius 3 is 2.33 bits per heavy atom. The van der Waals surface area contributed by atoms with E-state index in [1.54, 1.807) is 31.2 Å². The summed E-state index contributed by atoms with van der Waals surface area (Å²) in [5.41, 5.74) is 0.646. The molecular weight excluding hydrogens is 334 g/mol. The molecule has 1 aromatic rings. The van der Waals surface area contributed by atoms with E-state index in [4.69, 9.17) is 14.2 Å². The lowest BCUT2D eigenvalue weighted by Gasteiger charge is -2.10. The summed E-state index contributed by atoms with van der Waals surface area (Å²) in [6.07, 6.45) is 1.56. The van der Waals surface area contributed by atoms with Crippen molar-refractivity contribution in [3.05, 3.63) is 28.7 Å². The number of ether oxygens (including phenoxy) is 3. The molecule has 7 nitrogen and oxygen atoms in total. The number of rotatable bonds is 6. The second kappa shape index (κ2) is 7.87. The van der Waals surface area contributed by atoms with E-state index in [9.17, 15) is 14.4 Å². The van der Waals surface area contributed by atoms with Crippen LogP contribution in [0.3, 0.4) is 0 Å². The maximum Gasteiger partial charge on any atom is 0.326 e. The van der Waals surface area contributed by atoms with Crippen molar-refractivity contribution in [3.63, 3.8) is 0 Å². The van der Waals surface area contributed by atoms with Crippen molar-refractivity contribution in [3.8, 4) is 11.5 Å². The first-order valence-electron chi connectivity index (χ1n) is 7.12. The Kier molecular flexibility index (Phi) is 5.86. The van der Waals surface area contributed by atoms with Crippen molar-refractivity contribution < 1.29 is 28.6 Å². The first-order valence-corrected chi connectivity index (χ1v) is 7.94. The zero-order valence-corrected chi connectivity index (χ0v) is 14.3. The maximum atomic E-state index is 12.3. The highest BCUT2D eigenvalue weighted by Crippen LogP contribution is 2.33. The Bertz CT molecular complexity index is 678. The molecule has 0 unspecified atom stereocenters. The highest BCUT2D eigenvalue weighted by Gasteiger charge is 2.36. The minimum Gasteiger partial charge on any atom is -0.497 e. The fourth-order valence-electron chi connectivity index (χ4n) is 2.04. The van der Waals surface area contributed by atoms with Gasteiger partial charge in [-0.05, 0) is 42.5 Å². The zero-order valence-electron chi connectivity index (χ0n) is 13.5. The molecule has 1 saturated heterocycles. The first kappa shape index (κ1) is 17.9. The number of esters is 1. The summed E-state index contributed by atoms with van der Waals surface area (Å²) in [5, 5.41) is -0.505. The van der Waals surface area contributed by atoms with Crippen molar-refractivity contribution >= 4 is 35.0 Å². The van der Waals surface area contributed by atoms with Crippen molar-refractivity contribution in [2.24, 2.45) is 0 Å². The van der Waals surface area contributed by atoms with Crippen LogP contribution in [0.25, 0.3) is 6.08 Å². The Hall–Kier alpha value is -2.48. The third-order valence-corrected chi connectivity index (χ3v) is 4.05. The standard InChI is InChI=1S/C16H17NO6S/c1-4-23-14(18)9-17-15(19)13(24-16(17)20)7-10-5-11(21-2)8-12(6-10)22-3/h5-8H,4,9H2,1-3H3/b13-7-. The monoisotopic (exact) mass is 351 g/mol. The van der Waals surface area contributed by atoms with Gasteiger partial charge >= 0.3 is 5.97 Å². The van der Waals surface area contributed by atoms with Crippen LogP contribution in [0.2, 0.25) is 0 Å². The van der Waals surface area contributed by atoms with Crippen LogP contribution < -0.4 is 9.47 Å². The summed E-state index contributed by atoms with van der Waals surface area (Å²) in [6.45, 7) is 1.45. The van der Waals surface area contributed by atoms with Gasteiger partial charge in [0.15, 0.2) is 0 Å². The topological polar surface area (TPSA) is 82.1 Å². The third kappa shape index (κ3) is 4.08. The van der Waals surface area contributed by atoms with Crippen LogP contribution in [-0.2, 0) is 14.3 Å². The van der Waals surface area contributed by atoms with Gasteiger partial charge in [-0.25, -0.2) is 0 Å². The lowest BCUT2D eigenvalue weighted by molar-refractivity contribution is -0.145. The molecule has 0 radical (unpaired) electrons. The number of hydrogen-bond acceptors (Lipinski definition) is 7. The second-order valence-corrected chi connectivity index (χ2v) is 5.71. The number of benzene rings is 1. The fourth-order valence-corrected chi connectivity index (χ4v) is 2.87. The van der Waals surface area contributed by atoms with Gasteiger partial charge in [-0.3, -0.25) is 19.3 Å².